The van der Waals surface area contributed by atoms with Crippen molar-refractivity contribution >= 4 is 37.8 Å². The minimum absolute atomic E-state index is 0.165. The largest absolute Gasteiger partial charge is 0.481 e. The molecule has 0 aromatic heterocycles. The summed E-state index contributed by atoms with van der Waals surface area (Å²) in [7, 11) is 0. The average Bonchev–Trinajstić information content (AvgIpc) is 2.33. The molecule has 1 N–H and O–H groups in total. The average molecular weight is 417 g/mol. The number of halogens is 2. The zero-order chi connectivity index (χ0) is 16.0. The van der Waals surface area contributed by atoms with Crippen LogP contribution in [0, 0.1) is 11.8 Å². The van der Waals surface area contributed by atoms with Gasteiger partial charge in [-0.1, -0.05) is 44.7 Å². The Morgan fingerprint density at radius 1 is 1.33 bits per heavy atom. The molecule has 1 unspecified atom stereocenters. The Morgan fingerprint density at radius 2 is 1.90 bits per heavy atom. The summed E-state index contributed by atoms with van der Waals surface area (Å²) in [6.45, 7) is 7.39. The molecule has 1 rings (SSSR count). The van der Waals surface area contributed by atoms with Gasteiger partial charge in [0.1, 0.15) is 5.75 Å². The number of hydrogen-bond donors (Lipinski definition) is 1. The number of benzene rings is 1. The molecule has 0 bridgehead atoms. The van der Waals surface area contributed by atoms with Crippen LogP contribution in [-0.4, -0.2) is 17.6 Å². The van der Waals surface area contributed by atoms with Crippen molar-refractivity contribution in [1.82, 2.24) is 5.32 Å². The number of rotatable bonds is 5. The van der Waals surface area contributed by atoms with Gasteiger partial charge in [0, 0.05) is 8.95 Å². The number of carbonyl (C=O) groups is 1. The van der Waals surface area contributed by atoms with Crippen LogP contribution < -0.4 is 10.1 Å². The van der Waals surface area contributed by atoms with Crippen LogP contribution in [0.25, 0.3) is 0 Å². The lowest BCUT2D eigenvalue weighted by Crippen LogP contribution is -2.48. The summed E-state index contributed by atoms with van der Waals surface area (Å²) in [5.74, 6) is 6.25. The van der Waals surface area contributed by atoms with E-state index in [1.165, 1.54) is 0 Å². The van der Waals surface area contributed by atoms with E-state index in [0.717, 1.165) is 8.95 Å². The van der Waals surface area contributed by atoms with Crippen LogP contribution in [0.2, 0.25) is 0 Å². The van der Waals surface area contributed by atoms with E-state index in [-0.39, 0.29) is 5.91 Å². The second kappa shape index (κ2) is 7.86. The lowest BCUT2D eigenvalue weighted by atomic mass is 10.1. The molecule has 1 amide bonds. The van der Waals surface area contributed by atoms with Gasteiger partial charge in [0.2, 0.25) is 0 Å². The second-order valence-electron chi connectivity index (χ2n) is 5.11. The standard InChI is InChI=1S/C16H19Br2NO2/c1-5-7-16(3,4)19-15(20)14(6-2)21-13-9-11(17)8-12(18)10-13/h8-10,14H,6H2,1-4H3,(H,19,20). The van der Waals surface area contributed by atoms with Gasteiger partial charge in [-0.25, -0.2) is 0 Å². The summed E-state index contributed by atoms with van der Waals surface area (Å²) in [6, 6.07) is 5.57. The lowest BCUT2D eigenvalue weighted by Gasteiger charge is -2.24. The third-order valence-corrected chi connectivity index (χ3v) is 3.57. The van der Waals surface area contributed by atoms with Gasteiger partial charge in [0.15, 0.2) is 6.10 Å². The first-order chi connectivity index (χ1) is 9.77. The minimum Gasteiger partial charge on any atom is -0.481 e. The summed E-state index contributed by atoms with van der Waals surface area (Å²) in [6.07, 6.45) is 0.0233. The topological polar surface area (TPSA) is 38.3 Å². The Kier molecular flexibility index (Phi) is 6.76. The number of hydrogen-bond acceptors (Lipinski definition) is 2. The molecule has 114 valence electrons. The quantitative estimate of drug-likeness (QED) is 0.727. The molecule has 0 saturated heterocycles. The molecule has 0 fully saturated rings. The van der Waals surface area contributed by atoms with Gasteiger partial charge in [-0.05, 0) is 45.4 Å². The molecule has 0 heterocycles. The highest BCUT2D eigenvalue weighted by Crippen LogP contribution is 2.26. The van der Waals surface area contributed by atoms with Gasteiger partial charge in [0.25, 0.3) is 5.91 Å². The Morgan fingerprint density at radius 3 is 2.38 bits per heavy atom. The highest BCUT2D eigenvalue weighted by Gasteiger charge is 2.24. The van der Waals surface area contributed by atoms with Crippen molar-refractivity contribution in [1.29, 1.82) is 0 Å². The van der Waals surface area contributed by atoms with Crippen molar-refractivity contribution < 1.29 is 9.53 Å². The van der Waals surface area contributed by atoms with Gasteiger partial charge in [-0.2, -0.15) is 0 Å². The molecule has 21 heavy (non-hydrogen) atoms. The molecule has 0 aliphatic heterocycles. The van der Waals surface area contributed by atoms with E-state index in [4.69, 9.17) is 4.74 Å². The third-order valence-electron chi connectivity index (χ3n) is 2.65. The smallest absolute Gasteiger partial charge is 0.262 e. The highest BCUT2D eigenvalue weighted by molar-refractivity contribution is 9.11. The fraction of sp³-hybridized carbons (Fsp3) is 0.438. The van der Waals surface area contributed by atoms with Crippen LogP contribution in [0.1, 0.15) is 34.1 Å². The third kappa shape index (κ3) is 6.11. The molecule has 0 aliphatic rings. The van der Waals surface area contributed by atoms with E-state index < -0.39 is 11.6 Å². The van der Waals surface area contributed by atoms with E-state index in [9.17, 15) is 4.79 Å². The van der Waals surface area contributed by atoms with Crippen LogP contribution in [-0.2, 0) is 4.79 Å². The molecular formula is C16H19Br2NO2. The fourth-order valence-electron chi connectivity index (χ4n) is 1.82. The predicted molar refractivity (Wildman–Crippen MR) is 92.2 cm³/mol. The summed E-state index contributed by atoms with van der Waals surface area (Å²) in [5, 5.41) is 2.90. The molecule has 0 saturated carbocycles. The van der Waals surface area contributed by atoms with E-state index in [0.29, 0.717) is 12.2 Å². The van der Waals surface area contributed by atoms with Gasteiger partial charge in [0.05, 0.1) is 5.54 Å². The fourth-order valence-corrected chi connectivity index (χ4v) is 3.07. The zero-order valence-corrected chi connectivity index (χ0v) is 15.8. The van der Waals surface area contributed by atoms with Crippen molar-refractivity contribution in [2.24, 2.45) is 0 Å². The van der Waals surface area contributed by atoms with Crippen LogP contribution in [0.4, 0.5) is 0 Å². The van der Waals surface area contributed by atoms with E-state index in [1.54, 1.807) is 6.92 Å². The first kappa shape index (κ1) is 18.1. The normalized spacial score (nSPS) is 12.1. The molecule has 1 atom stereocenters. The van der Waals surface area contributed by atoms with E-state index in [1.807, 2.05) is 39.0 Å². The number of amides is 1. The van der Waals surface area contributed by atoms with Crippen molar-refractivity contribution in [3.8, 4) is 17.6 Å². The number of carbonyl (C=O) groups excluding carboxylic acids is 1. The van der Waals surface area contributed by atoms with Gasteiger partial charge in [-0.3, -0.25) is 4.79 Å². The van der Waals surface area contributed by atoms with E-state index >= 15 is 0 Å². The summed E-state index contributed by atoms with van der Waals surface area (Å²) in [4.78, 5) is 12.3. The van der Waals surface area contributed by atoms with Crippen LogP contribution in [0.5, 0.6) is 5.75 Å². The number of ether oxygens (including phenoxy) is 1. The molecule has 1 aromatic rings. The van der Waals surface area contributed by atoms with E-state index in [2.05, 4.69) is 49.0 Å². The Balaban J connectivity index is 2.82. The Hall–Kier alpha value is -0.990. The molecular weight excluding hydrogens is 398 g/mol. The molecule has 3 nitrogen and oxygen atoms in total. The maximum absolute atomic E-state index is 12.3. The number of nitrogens with one attached hydrogen (secondary N) is 1. The first-order valence-corrected chi connectivity index (χ1v) is 8.24. The summed E-state index contributed by atoms with van der Waals surface area (Å²) < 4.78 is 7.57. The van der Waals surface area contributed by atoms with Crippen molar-refractivity contribution in [3.63, 3.8) is 0 Å². The molecule has 0 spiro atoms. The van der Waals surface area contributed by atoms with Crippen LogP contribution >= 0.6 is 31.9 Å². The lowest BCUT2D eigenvalue weighted by molar-refractivity contribution is -0.129. The predicted octanol–water partition coefficient (Wildman–Crippen LogP) is 4.29. The van der Waals surface area contributed by atoms with Gasteiger partial charge >= 0.3 is 0 Å². The van der Waals surface area contributed by atoms with Gasteiger partial charge < -0.3 is 10.1 Å². The monoisotopic (exact) mass is 415 g/mol. The summed E-state index contributed by atoms with van der Waals surface area (Å²) in [5.41, 5.74) is -0.569. The highest BCUT2D eigenvalue weighted by atomic mass is 79.9. The molecule has 0 aliphatic carbocycles. The summed E-state index contributed by atoms with van der Waals surface area (Å²) >= 11 is 6.80. The maximum Gasteiger partial charge on any atom is 0.262 e. The molecule has 0 radical (unpaired) electrons. The Labute approximate surface area is 143 Å². The van der Waals surface area contributed by atoms with Crippen LogP contribution in [0.3, 0.4) is 0 Å². The Bertz CT molecular complexity index is 553. The van der Waals surface area contributed by atoms with Crippen molar-refractivity contribution in [2.45, 2.75) is 45.8 Å². The SMILES string of the molecule is CC#CC(C)(C)NC(=O)C(CC)Oc1cc(Br)cc(Br)c1. The zero-order valence-electron chi connectivity index (χ0n) is 12.6. The van der Waals surface area contributed by atoms with Gasteiger partial charge in [-0.15, -0.1) is 5.92 Å². The van der Waals surface area contributed by atoms with Crippen molar-refractivity contribution in [3.05, 3.63) is 27.1 Å². The molecule has 5 heteroatoms. The first-order valence-electron chi connectivity index (χ1n) is 6.66. The maximum atomic E-state index is 12.3. The minimum atomic E-state index is -0.569. The second-order valence-corrected chi connectivity index (χ2v) is 6.94. The van der Waals surface area contributed by atoms with Crippen molar-refractivity contribution in [2.75, 3.05) is 0 Å². The molecule has 1 aromatic carbocycles. The van der Waals surface area contributed by atoms with Crippen LogP contribution in [0.15, 0.2) is 27.1 Å².